The van der Waals surface area contributed by atoms with Crippen molar-refractivity contribution in [1.82, 2.24) is 0 Å². The van der Waals surface area contributed by atoms with Crippen LogP contribution in [0.2, 0.25) is 0 Å². The largest absolute Gasteiger partial charge is 0.489 e. The van der Waals surface area contributed by atoms with Gasteiger partial charge < -0.3 is 14.8 Å². The van der Waals surface area contributed by atoms with E-state index >= 15 is 0 Å². The molecule has 0 aliphatic carbocycles. The Morgan fingerprint density at radius 1 is 1.32 bits per heavy atom. The van der Waals surface area contributed by atoms with Crippen LogP contribution in [0.5, 0.6) is 5.75 Å². The van der Waals surface area contributed by atoms with E-state index in [9.17, 15) is 9.18 Å². The lowest BCUT2D eigenvalue weighted by Crippen LogP contribution is -2.18. The Labute approximate surface area is 145 Å². The quantitative estimate of drug-likeness (QED) is 0.904. The lowest BCUT2D eigenvalue weighted by molar-refractivity contribution is 0.0681. The van der Waals surface area contributed by atoms with E-state index in [2.05, 4.69) is 5.32 Å². The van der Waals surface area contributed by atoms with Gasteiger partial charge in [0.15, 0.2) is 0 Å². The minimum atomic E-state index is -0.473. The van der Waals surface area contributed by atoms with Crippen LogP contribution in [-0.2, 0) is 4.74 Å². The minimum absolute atomic E-state index is 0.0205. The summed E-state index contributed by atoms with van der Waals surface area (Å²) < 4.78 is 24.8. The lowest BCUT2D eigenvalue weighted by atomic mass is 10.1. The Morgan fingerprint density at radius 3 is 2.80 bits per heavy atom. The van der Waals surface area contributed by atoms with E-state index in [0.717, 1.165) is 19.4 Å². The summed E-state index contributed by atoms with van der Waals surface area (Å²) in [6.45, 7) is 1.07. The van der Waals surface area contributed by atoms with Crippen LogP contribution in [0.25, 0.3) is 0 Å². The van der Waals surface area contributed by atoms with Crippen molar-refractivity contribution in [2.24, 2.45) is 0 Å². The molecule has 6 heteroatoms. The van der Waals surface area contributed by atoms with Gasteiger partial charge in [-0.05, 0) is 49.2 Å². The number of amides is 1. The number of benzene rings is 2. The highest BCUT2D eigenvalue weighted by atomic mass is 19.1. The number of nitrogens with one attached hydrogen (secondary N) is 1. The molecule has 1 saturated heterocycles. The Hall–Kier alpha value is -2.91. The molecule has 0 bridgehead atoms. The van der Waals surface area contributed by atoms with E-state index in [1.54, 1.807) is 24.3 Å². The predicted molar refractivity (Wildman–Crippen MR) is 90.0 cm³/mol. The van der Waals surface area contributed by atoms with Gasteiger partial charge in [-0.25, -0.2) is 4.39 Å². The molecule has 1 aliphatic heterocycles. The highest BCUT2D eigenvalue weighted by Crippen LogP contribution is 2.27. The van der Waals surface area contributed by atoms with E-state index in [0.29, 0.717) is 23.5 Å². The van der Waals surface area contributed by atoms with Gasteiger partial charge in [-0.3, -0.25) is 4.79 Å². The van der Waals surface area contributed by atoms with Gasteiger partial charge in [-0.15, -0.1) is 0 Å². The molecule has 1 aliphatic rings. The minimum Gasteiger partial charge on any atom is -0.489 e. The summed E-state index contributed by atoms with van der Waals surface area (Å²) in [5, 5.41) is 11.5. The molecule has 2 aromatic rings. The number of nitrogens with zero attached hydrogens (tertiary/aromatic N) is 1. The second-order valence-electron chi connectivity index (χ2n) is 5.73. The molecular weight excluding hydrogens is 323 g/mol. The second-order valence-corrected chi connectivity index (χ2v) is 5.73. The highest BCUT2D eigenvalue weighted by molar-refractivity contribution is 6.05. The molecule has 0 saturated carbocycles. The number of carbonyl (C=O) groups is 1. The summed E-state index contributed by atoms with van der Waals surface area (Å²) in [6, 6.07) is 12.2. The van der Waals surface area contributed by atoms with Gasteiger partial charge in [0.25, 0.3) is 5.91 Å². The van der Waals surface area contributed by atoms with E-state index in [1.807, 2.05) is 6.07 Å². The van der Waals surface area contributed by atoms with Crippen molar-refractivity contribution >= 4 is 11.6 Å². The maximum atomic E-state index is 13.6. The van der Waals surface area contributed by atoms with Crippen molar-refractivity contribution in [3.8, 4) is 11.8 Å². The first kappa shape index (κ1) is 16.9. The smallest absolute Gasteiger partial charge is 0.255 e. The molecule has 1 amide bonds. The summed E-state index contributed by atoms with van der Waals surface area (Å²) in [5.74, 6) is -0.490. The van der Waals surface area contributed by atoms with Crippen molar-refractivity contribution in [2.45, 2.75) is 18.9 Å². The molecule has 1 heterocycles. The lowest BCUT2D eigenvalue weighted by Gasteiger charge is -2.15. The summed E-state index contributed by atoms with van der Waals surface area (Å²) in [7, 11) is 0. The predicted octanol–water partition coefficient (Wildman–Crippen LogP) is 3.51. The monoisotopic (exact) mass is 340 g/mol. The van der Waals surface area contributed by atoms with Crippen molar-refractivity contribution in [3.05, 3.63) is 59.4 Å². The van der Waals surface area contributed by atoms with Crippen LogP contribution >= 0.6 is 0 Å². The maximum absolute atomic E-state index is 13.6. The summed E-state index contributed by atoms with van der Waals surface area (Å²) in [5.41, 5.74) is 1.09. The van der Waals surface area contributed by atoms with Crippen LogP contribution in [0.3, 0.4) is 0 Å². The first-order valence-corrected chi connectivity index (χ1v) is 8.01. The normalized spacial score (nSPS) is 16.2. The average Bonchev–Trinajstić information content (AvgIpc) is 3.14. The second kappa shape index (κ2) is 7.77. The summed E-state index contributed by atoms with van der Waals surface area (Å²) in [6.07, 6.45) is 1.94. The Balaban J connectivity index is 1.72. The van der Waals surface area contributed by atoms with Crippen molar-refractivity contribution in [2.75, 3.05) is 18.5 Å². The molecule has 25 heavy (non-hydrogen) atoms. The molecule has 1 fully saturated rings. The van der Waals surface area contributed by atoms with E-state index in [-0.39, 0.29) is 11.8 Å². The van der Waals surface area contributed by atoms with Gasteiger partial charge in [-0.1, -0.05) is 0 Å². The molecule has 0 unspecified atom stereocenters. The number of hydrogen-bond acceptors (Lipinski definition) is 4. The van der Waals surface area contributed by atoms with Crippen LogP contribution in [-0.4, -0.2) is 25.2 Å². The Morgan fingerprint density at radius 2 is 2.12 bits per heavy atom. The molecule has 0 aromatic heterocycles. The van der Waals surface area contributed by atoms with Gasteiger partial charge >= 0.3 is 0 Å². The summed E-state index contributed by atoms with van der Waals surface area (Å²) >= 11 is 0. The summed E-state index contributed by atoms with van der Waals surface area (Å²) in [4.78, 5) is 12.3. The molecular formula is C19H17FN2O3. The first-order valence-electron chi connectivity index (χ1n) is 8.01. The molecule has 1 atom stereocenters. The number of carbonyl (C=O) groups excluding carboxylic acids is 1. The standard InChI is InChI=1S/C19H17FN2O3/c20-15-7-8-18(25-12-16-2-1-9-24-16)17(10-15)22-19(23)14-5-3-13(11-21)4-6-14/h3-8,10,16H,1-2,9,12H2,(H,22,23)/t16-/m1/s1. The van der Waals surface area contributed by atoms with Crippen molar-refractivity contribution < 1.29 is 18.7 Å². The molecule has 128 valence electrons. The average molecular weight is 340 g/mol. The SMILES string of the molecule is N#Cc1ccc(C(=O)Nc2cc(F)ccc2OC[C@H]2CCCO2)cc1. The number of ether oxygens (including phenoxy) is 2. The van der Waals surface area contributed by atoms with Gasteiger partial charge in [-0.2, -0.15) is 5.26 Å². The van der Waals surface area contributed by atoms with Crippen LogP contribution < -0.4 is 10.1 Å². The third-order valence-electron chi connectivity index (χ3n) is 3.91. The fourth-order valence-corrected chi connectivity index (χ4v) is 2.57. The van der Waals surface area contributed by atoms with E-state index < -0.39 is 11.7 Å². The van der Waals surface area contributed by atoms with E-state index in [4.69, 9.17) is 14.7 Å². The molecule has 2 aromatic carbocycles. The maximum Gasteiger partial charge on any atom is 0.255 e. The van der Waals surface area contributed by atoms with Crippen LogP contribution in [0.1, 0.15) is 28.8 Å². The molecule has 3 rings (SSSR count). The van der Waals surface area contributed by atoms with Gasteiger partial charge in [0.2, 0.25) is 0 Å². The van der Waals surface area contributed by atoms with Crippen LogP contribution in [0.4, 0.5) is 10.1 Å². The van der Waals surface area contributed by atoms with Crippen molar-refractivity contribution in [1.29, 1.82) is 5.26 Å². The van der Waals surface area contributed by atoms with Gasteiger partial charge in [0, 0.05) is 18.2 Å². The molecule has 1 N–H and O–H groups in total. The van der Waals surface area contributed by atoms with Crippen LogP contribution in [0, 0.1) is 17.1 Å². The topological polar surface area (TPSA) is 71.4 Å². The fraction of sp³-hybridized carbons (Fsp3) is 0.263. The highest BCUT2D eigenvalue weighted by Gasteiger charge is 2.18. The van der Waals surface area contributed by atoms with Crippen LogP contribution in [0.15, 0.2) is 42.5 Å². The third kappa shape index (κ3) is 4.34. The number of hydrogen-bond donors (Lipinski definition) is 1. The Kier molecular flexibility index (Phi) is 5.26. The van der Waals surface area contributed by atoms with Crippen molar-refractivity contribution in [3.63, 3.8) is 0 Å². The number of anilines is 1. The zero-order chi connectivity index (χ0) is 17.6. The Bertz CT molecular complexity index is 793. The number of nitriles is 1. The fourth-order valence-electron chi connectivity index (χ4n) is 2.57. The molecule has 0 radical (unpaired) electrons. The molecule has 5 nitrogen and oxygen atoms in total. The van der Waals surface area contributed by atoms with Gasteiger partial charge in [0.05, 0.1) is 23.4 Å². The number of halogens is 1. The van der Waals surface area contributed by atoms with E-state index in [1.165, 1.54) is 18.2 Å². The zero-order valence-electron chi connectivity index (χ0n) is 13.5. The van der Waals surface area contributed by atoms with Gasteiger partial charge in [0.1, 0.15) is 18.2 Å². The third-order valence-corrected chi connectivity index (χ3v) is 3.91. The zero-order valence-corrected chi connectivity index (χ0v) is 13.5. The number of rotatable bonds is 5. The first-order chi connectivity index (χ1) is 12.2. The molecule has 0 spiro atoms.